The van der Waals surface area contributed by atoms with Gasteiger partial charge in [0.05, 0.1) is 18.0 Å². The number of aliphatic hydroxyl groups excluding tert-OH is 1. The molecular formula is C21H20FN3O2. The molecule has 1 amide bonds. The summed E-state index contributed by atoms with van der Waals surface area (Å²) in [5.41, 5.74) is 2.98. The number of para-hydroxylation sites is 1. The first-order valence-electron chi connectivity index (χ1n) is 8.57. The smallest absolute Gasteiger partial charge is 0.244 e. The van der Waals surface area contributed by atoms with Gasteiger partial charge in [0.15, 0.2) is 0 Å². The summed E-state index contributed by atoms with van der Waals surface area (Å²) in [6.45, 7) is 1.58. The van der Waals surface area contributed by atoms with E-state index in [1.54, 1.807) is 29.8 Å². The molecule has 0 fully saturated rings. The zero-order valence-corrected chi connectivity index (χ0v) is 14.8. The average molecular weight is 365 g/mol. The monoisotopic (exact) mass is 365 g/mol. The highest BCUT2D eigenvalue weighted by Gasteiger charge is 2.11. The lowest BCUT2D eigenvalue weighted by Crippen LogP contribution is -2.33. The maximum Gasteiger partial charge on any atom is 0.244 e. The van der Waals surface area contributed by atoms with Crippen molar-refractivity contribution in [1.82, 2.24) is 15.1 Å². The van der Waals surface area contributed by atoms with Crippen LogP contribution in [0.1, 0.15) is 12.5 Å². The minimum atomic E-state index is -0.328. The van der Waals surface area contributed by atoms with Crippen LogP contribution in [0.3, 0.4) is 0 Å². The van der Waals surface area contributed by atoms with Gasteiger partial charge in [0, 0.05) is 29.4 Å². The third-order valence-corrected chi connectivity index (χ3v) is 3.96. The average Bonchev–Trinajstić information content (AvgIpc) is 3.12. The normalized spacial score (nSPS) is 12.3. The molecule has 0 aliphatic rings. The van der Waals surface area contributed by atoms with Gasteiger partial charge in [-0.25, -0.2) is 9.07 Å². The second-order valence-corrected chi connectivity index (χ2v) is 6.15. The number of halogens is 1. The molecule has 27 heavy (non-hydrogen) atoms. The summed E-state index contributed by atoms with van der Waals surface area (Å²) in [7, 11) is 0. The molecule has 138 valence electrons. The van der Waals surface area contributed by atoms with Crippen LogP contribution in [-0.2, 0) is 4.79 Å². The Morgan fingerprint density at radius 1 is 1.22 bits per heavy atom. The molecule has 1 atom stereocenters. The molecule has 1 aromatic heterocycles. The predicted molar refractivity (Wildman–Crippen MR) is 103 cm³/mol. The number of carbonyl (C=O) groups excluding carboxylic acids is 1. The van der Waals surface area contributed by atoms with Crippen molar-refractivity contribution in [3.8, 4) is 16.9 Å². The van der Waals surface area contributed by atoms with Gasteiger partial charge in [-0.2, -0.15) is 5.10 Å². The Morgan fingerprint density at radius 2 is 1.93 bits per heavy atom. The lowest BCUT2D eigenvalue weighted by Gasteiger charge is -2.07. The van der Waals surface area contributed by atoms with Gasteiger partial charge in [0.1, 0.15) is 5.82 Å². The first-order valence-corrected chi connectivity index (χ1v) is 8.57. The highest BCUT2D eigenvalue weighted by Crippen LogP contribution is 2.25. The quantitative estimate of drug-likeness (QED) is 0.659. The summed E-state index contributed by atoms with van der Waals surface area (Å²) in [5, 5.41) is 16.3. The van der Waals surface area contributed by atoms with Crippen LogP contribution in [0.5, 0.6) is 0 Å². The fourth-order valence-electron chi connectivity index (χ4n) is 2.56. The van der Waals surface area contributed by atoms with Crippen molar-refractivity contribution in [2.45, 2.75) is 13.0 Å². The van der Waals surface area contributed by atoms with Gasteiger partial charge in [-0.3, -0.25) is 4.79 Å². The van der Waals surface area contributed by atoms with E-state index in [2.05, 4.69) is 10.4 Å². The van der Waals surface area contributed by atoms with Gasteiger partial charge < -0.3 is 10.4 Å². The molecule has 0 radical (unpaired) electrons. The molecule has 0 aliphatic heterocycles. The zero-order valence-electron chi connectivity index (χ0n) is 14.8. The van der Waals surface area contributed by atoms with Gasteiger partial charge in [-0.1, -0.05) is 18.2 Å². The molecule has 2 aromatic carbocycles. The number of aliphatic hydroxyl groups is 1. The van der Waals surface area contributed by atoms with E-state index in [0.29, 0.717) is 5.69 Å². The number of amides is 1. The third kappa shape index (κ3) is 4.68. The van der Waals surface area contributed by atoms with E-state index in [-0.39, 0.29) is 24.4 Å². The molecule has 3 aromatic rings. The van der Waals surface area contributed by atoms with Crippen LogP contribution >= 0.6 is 0 Å². The SMILES string of the molecule is CC(CO)NC(=O)/C=C/c1cn(-c2ccccc2)nc1-c1ccc(F)cc1. The highest BCUT2D eigenvalue weighted by molar-refractivity contribution is 5.93. The lowest BCUT2D eigenvalue weighted by atomic mass is 10.1. The first-order chi connectivity index (χ1) is 13.1. The van der Waals surface area contributed by atoms with E-state index < -0.39 is 0 Å². The summed E-state index contributed by atoms with van der Waals surface area (Å²) in [5.74, 6) is -0.634. The largest absolute Gasteiger partial charge is 0.394 e. The summed E-state index contributed by atoms with van der Waals surface area (Å²) in [6.07, 6.45) is 4.86. The van der Waals surface area contributed by atoms with Crippen molar-refractivity contribution < 1.29 is 14.3 Å². The number of nitrogens with one attached hydrogen (secondary N) is 1. The summed E-state index contributed by atoms with van der Waals surface area (Å²) >= 11 is 0. The zero-order chi connectivity index (χ0) is 19.2. The maximum absolute atomic E-state index is 13.3. The Balaban J connectivity index is 1.96. The van der Waals surface area contributed by atoms with Crippen LogP contribution in [0.25, 0.3) is 23.0 Å². The first kappa shape index (κ1) is 18.5. The molecule has 0 saturated carbocycles. The summed E-state index contributed by atoms with van der Waals surface area (Å²) < 4.78 is 15.0. The van der Waals surface area contributed by atoms with Crippen molar-refractivity contribution >= 4 is 12.0 Å². The number of rotatable bonds is 6. The van der Waals surface area contributed by atoms with Crippen LogP contribution in [0.2, 0.25) is 0 Å². The van der Waals surface area contributed by atoms with Gasteiger partial charge in [-0.15, -0.1) is 0 Å². The molecule has 1 unspecified atom stereocenters. The van der Waals surface area contributed by atoms with Crippen LogP contribution in [-0.4, -0.2) is 33.4 Å². The Bertz CT molecular complexity index is 934. The molecule has 1 heterocycles. The van der Waals surface area contributed by atoms with Crippen molar-refractivity contribution in [3.63, 3.8) is 0 Å². The molecule has 3 rings (SSSR count). The highest BCUT2D eigenvalue weighted by atomic mass is 19.1. The Morgan fingerprint density at radius 3 is 2.59 bits per heavy atom. The van der Waals surface area contributed by atoms with E-state index in [0.717, 1.165) is 16.8 Å². The van der Waals surface area contributed by atoms with Crippen molar-refractivity contribution in [2.75, 3.05) is 6.61 Å². The number of aromatic nitrogens is 2. The molecular weight excluding hydrogens is 345 g/mol. The van der Waals surface area contributed by atoms with E-state index in [4.69, 9.17) is 5.11 Å². The van der Waals surface area contributed by atoms with Crippen LogP contribution in [0.15, 0.2) is 66.9 Å². The molecule has 0 bridgehead atoms. The number of benzene rings is 2. The summed E-state index contributed by atoms with van der Waals surface area (Å²) in [6, 6.07) is 15.3. The van der Waals surface area contributed by atoms with E-state index >= 15 is 0 Å². The second kappa shape index (κ2) is 8.42. The van der Waals surface area contributed by atoms with Crippen molar-refractivity contribution in [1.29, 1.82) is 0 Å². The third-order valence-electron chi connectivity index (χ3n) is 3.96. The number of nitrogens with zero attached hydrogens (tertiary/aromatic N) is 2. The molecule has 0 aliphatic carbocycles. The van der Waals surface area contributed by atoms with Gasteiger partial charge >= 0.3 is 0 Å². The topological polar surface area (TPSA) is 67.2 Å². The van der Waals surface area contributed by atoms with Crippen LogP contribution in [0.4, 0.5) is 4.39 Å². The molecule has 5 nitrogen and oxygen atoms in total. The van der Waals surface area contributed by atoms with Crippen molar-refractivity contribution in [2.24, 2.45) is 0 Å². The number of carbonyl (C=O) groups is 1. The van der Waals surface area contributed by atoms with E-state index in [1.807, 2.05) is 36.5 Å². The number of hydrogen-bond donors (Lipinski definition) is 2. The fraction of sp³-hybridized carbons (Fsp3) is 0.143. The van der Waals surface area contributed by atoms with Gasteiger partial charge in [0.2, 0.25) is 5.91 Å². The minimum Gasteiger partial charge on any atom is -0.394 e. The standard InChI is InChI=1S/C21H20FN3O2/c1-15(14-26)23-20(27)12-9-17-13-25(19-5-3-2-4-6-19)24-21(17)16-7-10-18(22)11-8-16/h2-13,15,26H,14H2,1H3,(H,23,27)/b12-9+. The van der Waals surface area contributed by atoms with Crippen molar-refractivity contribution in [3.05, 3.63) is 78.3 Å². The molecule has 2 N–H and O–H groups in total. The minimum absolute atomic E-state index is 0.133. The predicted octanol–water partition coefficient (Wildman–Crippen LogP) is 3.19. The van der Waals surface area contributed by atoms with Crippen LogP contribution < -0.4 is 5.32 Å². The molecule has 6 heteroatoms. The van der Waals surface area contributed by atoms with E-state index in [1.165, 1.54) is 18.2 Å². The summed E-state index contributed by atoms with van der Waals surface area (Å²) in [4.78, 5) is 12.0. The fourth-order valence-corrected chi connectivity index (χ4v) is 2.56. The lowest BCUT2D eigenvalue weighted by molar-refractivity contribution is -0.117. The van der Waals surface area contributed by atoms with Gasteiger partial charge in [-0.05, 0) is 49.4 Å². The number of hydrogen-bond acceptors (Lipinski definition) is 3. The van der Waals surface area contributed by atoms with E-state index in [9.17, 15) is 9.18 Å². The molecule has 0 saturated heterocycles. The van der Waals surface area contributed by atoms with Gasteiger partial charge in [0.25, 0.3) is 0 Å². The Kier molecular flexibility index (Phi) is 5.78. The molecule has 0 spiro atoms. The Hall–Kier alpha value is -3.25. The maximum atomic E-state index is 13.3. The second-order valence-electron chi connectivity index (χ2n) is 6.15. The Labute approximate surface area is 156 Å². The van der Waals surface area contributed by atoms with Crippen LogP contribution in [0, 0.1) is 5.82 Å².